The summed E-state index contributed by atoms with van der Waals surface area (Å²) in [5, 5.41) is 16.6. The molecule has 1 aliphatic heterocycles. The molecule has 0 atom stereocenters. The fourth-order valence-electron chi connectivity index (χ4n) is 2.48. The summed E-state index contributed by atoms with van der Waals surface area (Å²) < 4.78 is 5.45. The van der Waals surface area contributed by atoms with E-state index >= 15 is 0 Å². The van der Waals surface area contributed by atoms with Crippen LogP contribution in [0.5, 0.6) is 5.75 Å². The van der Waals surface area contributed by atoms with Crippen LogP contribution >= 0.6 is 0 Å². The normalized spacial score (nSPS) is 16.9. The molecule has 1 aromatic heterocycles. The van der Waals surface area contributed by atoms with Gasteiger partial charge in [-0.1, -0.05) is 17.3 Å². The Bertz CT molecular complexity index is 513. The molecule has 18 heavy (non-hydrogen) atoms. The summed E-state index contributed by atoms with van der Waals surface area (Å²) in [5.41, 5.74) is 2.09. The Morgan fingerprint density at radius 3 is 2.61 bits per heavy atom. The van der Waals surface area contributed by atoms with Gasteiger partial charge in [0.05, 0.1) is 6.20 Å². The maximum absolute atomic E-state index is 9.32. The molecular weight excluding hydrogens is 228 g/mol. The van der Waals surface area contributed by atoms with Gasteiger partial charge in [-0.15, -0.1) is 0 Å². The van der Waals surface area contributed by atoms with Gasteiger partial charge in [0.25, 0.3) is 0 Å². The van der Waals surface area contributed by atoms with Crippen LogP contribution in [0, 0.1) is 0 Å². The lowest BCUT2D eigenvalue weighted by atomic mass is 9.91. The predicted molar refractivity (Wildman–Crippen MR) is 68.4 cm³/mol. The lowest BCUT2D eigenvalue weighted by molar-refractivity contribution is 0.328. The van der Waals surface area contributed by atoms with Gasteiger partial charge >= 0.3 is 0 Å². The first-order chi connectivity index (χ1) is 8.84. The molecular formula is C14H16N2O2. The number of rotatable bonds is 2. The summed E-state index contributed by atoms with van der Waals surface area (Å²) in [6, 6.07) is 7.17. The van der Waals surface area contributed by atoms with Crippen molar-refractivity contribution in [1.82, 2.24) is 10.5 Å². The Kier molecular flexibility index (Phi) is 3.02. The number of hydrogen-bond donors (Lipinski definition) is 2. The molecule has 0 saturated carbocycles. The molecule has 2 heterocycles. The highest BCUT2D eigenvalue weighted by atomic mass is 16.5. The molecule has 2 aromatic rings. The second kappa shape index (κ2) is 4.82. The summed E-state index contributed by atoms with van der Waals surface area (Å²) in [6.07, 6.45) is 3.93. The van der Waals surface area contributed by atoms with Crippen LogP contribution in [0.4, 0.5) is 0 Å². The predicted octanol–water partition coefficient (Wildman–Crippen LogP) is 2.51. The van der Waals surface area contributed by atoms with E-state index in [0.717, 1.165) is 42.8 Å². The highest BCUT2D eigenvalue weighted by Crippen LogP contribution is 2.34. The van der Waals surface area contributed by atoms with E-state index in [2.05, 4.69) is 10.5 Å². The van der Waals surface area contributed by atoms with E-state index in [1.807, 2.05) is 12.1 Å². The average molecular weight is 244 g/mol. The SMILES string of the molecule is Oc1ccc(-c2cnoc2C2CCNCC2)cc1. The van der Waals surface area contributed by atoms with Gasteiger partial charge in [0.15, 0.2) is 0 Å². The van der Waals surface area contributed by atoms with Gasteiger partial charge in [-0.05, 0) is 43.6 Å². The summed E-state index contributed by atoms with van der Waals surface area (Å²) in [5.74, 6) is 1.69. The third kappa shape index (κ3) is 2.11. The molecule has 1 aliphatic rings. The van der Waals surface area contributed by atoms with Crippen molar-refractivity contribution in [3.8, 4) is 16.9 Å². The lowest BCUT2D eigenvalue weighted by Crippen LogP contribution is -2.26. The van der Waals surface area contributed by atoms with Crippen LogP contribution in [0.2, 0.25) is 0 Å². The minimum atomic E-state index is 0.277. The maximum Gasteiger partial charge on any atom is 0.147 e. The van der Waals surface area contributed by atoms with Crippen molar-refractivity contribution in [2.24, 2.45) is 0 Å². The van der Waals surface area contributed by atoms with Gasteiger partial charge in [-0.3, -0.25) is 0 Å². The van der Waals surface area contributed by atoms with Gasteiger partial charge in [-0.2, -0.15) is 0 Å². The third-order valence-corrected chi connectivity index (χ3v) is 3.49. The monoisotopic (exact) mass is 244 g/mol. The number of phenols is 1. The van der Waals surface area contributed by atoms with E-state index in [1.54, 1.807) is 18.3 Å². The number of hydrogen-bond acceptors (Lipinski definition) is 4. The molecule has 94 valence electrons. The van der Waals surface area contributed by atoms with Gasteiger partial charge < -0.3 is 14.9 Å². The molecule has 3 rings (SSSR count). The Labute approximate surface area is 106 Å². The molecule has 0 unspecified atom stereocenters. The van der Waals surface area contributed by atoms with Crippen LogP contribution in [0.25, 0.3) is 11.1 Å². The van der Waals surface area contributed by atoms with Crippen LogP contribution in [0.1, 0.15) is 24.5 Å². The van der Waals surface area contributed by atoms with Crippen molar-refractivity contribution < 1.29 is 9.63 Å². The van der Waals surface area contributed by atoms with Crippen LogP contribution in [-0.4, -0.2) is 23.4 Å². The van der Waals surface area contributed by atoms with E-state index in [-0.39, 0.29) is 5.75 Å². The topological polar surface area (TPSA) is 58.3 Å². The average Bonchev–Trinajstić information content (AvgIpc) is 2.90. The minimum Gasteiger partial charge on any atom is -0.508 e. The number of piperidine rings is 1. The fourth-order valence-corrected chi connectivity index (χ4v) is 2.48. The fraction of sp³-hybridized carbons (Fsp3) is 0.357. The molecule has 0 amide bonds. The van der Waals surface area contributed by atoms with Crippen molar-refractivity contribution in [3.05, 3.63) is 36.2 Å². The zero-order valence-corrected chi connectivity index (χ0v) is 10.1. The Balaban J connectivity index is 1.93. The molecule has 1 saturated heterocycles. The second-order valence-electron chi connectivity index (χ2n) is 4.67. The number of phenolic OH excluding ortho intramolecular Hbond substituents is 1. The molecule has 0 radical (unpaired) electrons. The standard InChI is InChI=1S/C14H16N2O2/c17-12-3-1-10(2-4-12)13-9-16-18-14(13)11-5-7-15-8-6-11/h1-4,9,11,15,17H,5-8H2. The van der Waals surface area contributed by atoms with Crippen molar-refractivity contribution >= 4 is 0 Å². The van der Waals surface area contributed by atoms with E-state index < -0.39 is 0 Å². The molecule has 1 aromatic carbocycles. The number of aromatic nitrogens is 1. The van der Waals surface area contributed by atoms with Crippen LogP contribution in [0.15, 0.2) is 35.0 Å². The van der Waals surface area contributed by atoms with Crippen LogP contribution in [0.3, 0.4) is 0 Å². The van der Waals surface area contributed by atoms with Crippen molar-refractivity contribution in [2.75, 3.05) is 13.1 Å². The van der Waals surface area contributed by atoms with E-state index in [0.29, 0.717) is 5.92 Å². The Hall–Kier alpha value is -1.81. The van der Waals surface area contributed by atoms with Gasteiger partial charge in [0.2, 0.25) is 0 Å². The van der Waals surface area contributed by atoms with Crippen LogP contribution in [-0.2, 0) is 0 Å². The first kappa shape index (κ1) is 11.3. The van der Waals surface area contributed by atoms with Gasteiger partial charge in [-0.25, -0.2) is 0 Å². The summed E-state index contributed by atoms with van der Waals surface area (Å²) >= 11 is 0. The van der Waals surface area contributed by atoms with Gasteiger partial charge in [0.1, 0.15) is 11.5 Å². The molecule has 4 nitrogen and oxygen atoms in total. The number of nitrogens with one attached hydrogen (secondary N) is 1. The number of nitrogens with zero attached hydrogens (tertiary/aromatic N) is 1. The first-order valence-electron chi connectivity index (χ1n) is 6.29. The minimum absolute atomic E-state index is 0.277. The second-order valence-corrected chi connectivity index (χ2v) is 4.67. The van der Waals surface area contributed by atoms with E-state index in [1.165, 1.54) is 0 Å². The molecule has 2 N–H and O–H groups in total. The smallest absolute Gasteiger partial charge is 0.147 e. The first-order valence-corrected chi connectivity index (χ1v) is 6.29. The summed E-state index contributed by atoms with van der Waals surface area (Å²) in [7, 11) is 0. The third-order valence-electron chi connectivity index (χ3n) is 3.49. The lowest BCUT2D eigenvalue weighted by Gasteiger charge is -2.21. The molecule has 0 spiro atoms. The summed E-state index contributed by atoms with van der Waals surface area (Å²) in [4.78, 5) is 0. The largest absolute Gasteiger partial charge is 0.508 e. The highest BCUT2D eigenvalue weighted by molar-refractivity contribution is 5.65. The Morgan fingerprint density at radius 2 is 1.89 bits per heavy atom. The molecule has 0 aliphatic carbocycles. The van der Waals surface area contributed by atoms with E-state index in [4.69, 9.17) is 4.52 Å². The Morgan fingerprint density at radius 1 is 1.17 bits per heavy atom. The van der Waals surface area contributed by atoms with Gasteiger partial charge in [0, 0.05) is 11.5 Å². The van der Waals surface area contributed by atoms with Crippen LogP contribution < -0.4 is 5.32 Å². The molecule has 0 bridgehead atoms. The number of aromatic hydroxyl groups is 1. The van der Waals surface area contributed by atoms with E-state index in [9.17, 15) is 5.11 Å². The number of benzene rings is 1. The summed E-state index contributed by atoms with van der Waals surface area (Å²) in [6.45, 7) is 2.06. The molecule has 4 heteroatoms. The molecule has 1 fully saturated rings. The van der Waals surface area contributed by atoms with Crippen molar-refractivity contribution in [3.63, 3.8) is 0 Å². The quantitative estimate of drug-likeness (QED) is 0.852. The zero-order chi connectivity index (χ0) is 12.4. The van der Waals surface area contributed by atoms with Crippen molar-refractivity contribution in [2.45, 2.75) is 18.8 Å². The zero-order valence-electron chi connectivity index (χ0n) is 10.1. The maximum atomic E-state index is 9.32. The van der Waals surface area contributed by atoms with Crippen molar-refractivity contribution in [1.29, 1.82) is 0 Å². The highest BCUT2D eigenvalue weighted by Gasteiger charge is 2.22.